The minimum absolute atomic E-state index is 0.182. The van der Waals surface area contributed by atoms with Gasteiger partial charge in [-0.25, -0.2) is 0 Å². The Kier molecular flexibility index (Phi) is 6.40. The first-order valence-electron chi connectivity index (χ1n) is 10.7. The van der Waals surface area contributed by atoms with E-state index in [4.69, 9.17) is 9.47 Å². The molecule has 3 aromatic carbocycles. The molecule has 2 amide bonds. The van der Waals surface area contributed by atoms with E-state index in [1.165, 1.54) is 0 Å². The van der Waals surface area contributed by atoms with Crippen LogP contribution in [-0.2, 0) is 17.8 Å². The van der Waals surface area contributed by atoms with Gasteiger partial charge in [-0.2, -0.15) is 0 Å². The Morgan fingerprint density at radius 3 is 2.50 bits per heavy atom. The maximum atomic E-state index is 13.3. The Balaban J connectivity index is 1.53. The Morgan fingerprint density at radius 2 is 1.75 bits per heavy atom. The molecule has 6 nitrogen and oxygen atoms in total. The number of nitrogens with one attached hydrogen (secondary N) is 1. The summed E-state index contributed by atoms with van der Waals surface area (Å²) in [4.78, 5) is 28.1. The van der Waals surface area contributed by atoms with Gasteiger partial charge in [-0.05, 0) is 48.4 Å². The number of ether oxygens (including phenoxy) is 2. The second-order valence-electron chi connectivity index (χ2n) is 7.53. The Labute approximate surface area is 187 Å². The maximum absolute atomic E-state index is 13.3. The van der Waals surface area contributed by atoms with Crippen LogP contribution in [0.4, 0.5) is 5.69 Å². The number of fused-ring (bicyclic) bond motifs is 1. The van der Waals surface area contributed by atoms with Gasteiger partial charge < -0.3 is 14.8 Å². The predicted octanol–water partition coefficient (Wildman–Crippen LogP) is 3.98. The molecule has 6 heteroatoms. The molecule has 0 unspecified atom stereocenters. The number of anilines is 1. The summed E-state index contributed by atoms with van der Waals surface area (Å²) in [7, 11) is 1.59. The van der Waals surface area contributed by atoms with Crippen LogP contribution in [0.2, 0.25) is 0 Å². The van der Waals surface area contributed by atoms with Crippen molar-refractivity contribution in [3.05, 3.63) is 89.5 Å². The average molecular weight is 431 g/mol. The van der Waals surface area contributed by atoms with Crippen molar-refractivity contribution in [3.63, 3.8) is 0 Å². The molecular formula is C26H26N2O4. The number of rotatable bonds is 7. The molecule has 4 rings (SSSR count). The molecule has 0 fully saturated rings. The van der Waals surface area contributed by atoms with Crippen LogP contribution in [0.25, 0.3) is 0 Å². The van der Waals surface area contributed by atoms with E-state index in [0.29, 0.717) is 36.6 Å². The molecule has 0 saturated heterocycles. The Hall–Kier alpha value is -3.80. The molecule has 0 spiro atoms. The molecule has 0 radical (unpaired) electrons. The molecule has 1 N–H and O–H groups in total. The van der Waals surface area contributed by atoms with Gasteiger partial charge in [-0.3, -0.25) is 14.5 Å². The van der Waals surface area contributed by atoms with Gasteiger partial charge in [0.05, 0.1) is 13.7 Å². The zero-order valence-electron chi connectivity index (χ0n) is 18.2. The summed E-state index contributed by atoms with van der Waals surface area (Å²) >= 11 is 0. The molecule has 1 aliphatic heterocycles. The van der Waals surface area contributed by atoms with Gasteiger partial charge >= 0.3 is 0 Å². The fourth-order valence-electron chi connectivity index (χ4n) is 3.97. The van der Waals surface area contributed by atoms with Gasteiger partial charge in [0.15, 0.2) is 11.5 Å². The summed E-state index contributed by atoms with van der Waals surface area (Å²) in [5, 5.41) is 2.99. The summed E-state index contributed by atoms with van der Waals surface area (Å²) in [6, 6.07) is 21.7. The van der Waals surface area contributed by atoms with Crippen molar-refractivity contribution in [2.24, 2.45) is 0 Å². The second kappa shape index (κ2) is 9.56. The number of hydrogen-bond donors (Lipinski definition) is 1. The van der Waals surface area contributed by atoms with Crippen molar-refractivity contribution >= 4 is 17.5 Å². The fourth-order valence-corrected chi connectivity index (χ4v) is 3.97. The van der Waals surface area contributed by atoms with Crippen LogP contribution in [0.1, 0.15) is 28.4 Å². The van der Waals surface area contributed by atoms with Crippen molar-refractivity contribution in [3.8, 4) is 11.5 Å². The lowest BCUT2D eigenvalue weighted by molar-refractivity contribution is -0.122. The van der Waals surface area contributed by atoms with Gasteiger partial charge in [0.1, 0.15) is 6.04 Å². The molecular weight excluding hydrogens is 404 g/mol. The number of carbonyl (C=O) groups is 2. The van der Waals surface area contributed by atoms with E-state index in [2.05, 4.69) is 5.32 Å². The molecule has 32 heavy (non-hydrogen) atoms. The summed E-state index contributed by atoms with van der Waals surface area (Å²) in [5.41, 5.74) is 3.21. The van der Waals surface area contributed by atoms with E-state index >= 15 is 0 Å². The lowest BCUT2D eigenvalue weighted by atomic mass is 10.1. The van der Waals surface area contributed by atoms with Crippen LogP contribution in [0.15, 0.2) is 72.8 Å². The predicted molar refractivity (Wildman–Crippen MR) is 123 cm³/mol. The van der Waals surface area contributed by atoms with Gasteiger partial charge in [0.25, 0.3) is 5.91 Å². The number of para-hydroxylation sites is 1. The number of nitrogens with zero attached hydrogens (tertiary/aromatic N) is 1. The molecule has 164 valence electrons. The third-order valence-corrected chi connectivity index (χ3v) is 5.51. The maximum Gasteiger partial charge on any atom is 0.259 e. The molecule has 0 aromatic heterocycles. The van der Waals surface area contributed by atoms with Gasteiger partial charge in [-0.1, -0.05) is 42.5 Å². The summed E-state index contributed by atoms with van der Waals surface area (Å²) < 4.78 is 10.9. The van der Waals surface area contributed by atoms with Crippen LogP contribution in [0.3, 0.4) is 0 Å². The lowest BCUT2D eigenvalue weighted by Crippen LogP contribution is -2.48. The van der Waals surface area contributed by atoms with Crippen molar-refractivity contribution in [1.29, 1.82) is 0 Å². The van der Waals surface area contributed by atoms with Crippen molar-refractivity contribution < 1.29 is 19.1 Å². The second-order valence-corrected chi connectivity index (χ2v) is 7.53. The van der Waals surface area contributed by atoms with E-state index in [1.54, 1.807) is 24.1 Å². The molecule has 1 heterocycles. The van der Waals surface area contributed by atoms with E-state index in [1.807, 2.05) is 67.6 Å². The van der Waals surface area contributed by atoms with E-state index in [9.17, 15) is 9.59 Å². The van der Waals surface area contributed by atoms with Crippen molar-refractivity contribution in [2.75, 3.05) is 18.6 Å². The highest BCUT2D eigenvalue weighted by molar-refractivity contribution is 6.11. The number of benzene rings is 3. The standard InChI is InChI=1S/C26H26N2O4/c1-3-32-23-14-13-18(15-24(23)31-2)17-27-25(29)22-16-20-11-7-8-12-21(20)28(22)26(30)19-9-5-4-6-10-19/h4-15,22H,3,16-17H2,1-2H3,(H,27,29)/t22-/m0/s1. The number of methoxy groups -OCH3 is 1. The number of hydrogen-bond acceptors (Lipinski definition) is 4. The van der Waals surface area contributed by atoms with Crippen LogP contribution < -0.4 is 19.7 Å². The highest BCUT2D eigenvalue weighted by atomic mass is 16.5. The first-order chi connectivity index (χ1) is 15.6. The third kappa shape index (κ3) is 4.30. The monoisotopic (exact) mass is 430 g/mol. The van der Waals surface area contributed by atoms with E-state index < -0.39 is 6.04 Å². The Morgan fingerprint density at radius 1 is 1.00 bits per heavy atom. The molecule has 1 atom stereocenters. The highest BCUT2D eigenvalue weighted by Gasteiger charge is 2.38. The first kappa shape index (κ1) is 21.4. The highest BCUT2D eigenvalue weighted by Crippen LogP contribution is 2.33. The zero-order chi connectivity index (χ0) is 22.5. The summed E-state index contributed by atoms with van der Waals surface area (Å²) in [6.45, 7) is 2.78. The molecule has 0 bridgehead atoms. The molecule has 3 aromatic rings. The van der Waals surface area contributed by atoms with Crippen LogP contribution in [-0.4, -0.2) is 31.6 Å². The van der Waals surface area contributed by atoms with Crippen molar-refractivity contribution in [2.45, 2.75) is 25.9 Å². The first-order valence-corrected chi connectivity index (χ1v) is 10.7. The largest absolute Gasteiger partial charge is 0.493 e. The average Bonchev–Trinajstić information content (AvgIpc) is 3.23. The summed E-state index contributed by atoms with van der Waals surface area (Å²) in [6.07, 6.45) is 0.479. The lowest BCUT2D eigenvalue weighted by Gasteiger charge is -2.25. The zero-order valence-corrected chi connectivity index (χ0v) is 18.2. The molecule has 0 aliphatic carbocycles. The molecule has 0 saturated carbocycles. The number of amides is 2. The third-order valence-electron chi connectivity index (χ3n) is 5.51. The van der Waals surface area contributed by atoms with Gasteiger partial charge in [0, 0.05) is 24.2 Å². The SMILES string of the molecule is CCOc1ccc(CNC(=O)[C@@H]2Cc3ccccc3N2C(=O)c2ccccc2)cc1OC. The Bertz CT molecular complexity index is 1110. The van der Waals surface area contributed by atoms with Gasteiger partial charge in [-0.15, -0.1) is 0 Å². The fraction of sp³-hybridized carbons (Fsp3) is 0.231. The van der Waals surface area contributed by atoms with E-state index in [0.717, 1.165) is 16.8 Å². The minimum atomic E-state index is -0.607. The quantitative estimate of drug-likeness (QED) is 0.616. The summed E-state index contributed by atoms with van der Waals surface area (Å²) in [5.74, 6) is 0.903. The topological polar surface area (TPSA) is 67.9 Å². The van der Waals surface area contributed by atoms with Crippen LogP contribution >= 0.6 is 0 Å². The molecule has 1 aliphatic rings. The minimum Gasteiger partial charge on any atom is -0.493 e. The number of carbonyl (C=O) groups excluding carboxylic acids is 2. The van der Waals surface area contributed by atoms with Crippen LogP contribution in [0.5, 0.6) is 11.5 Å². The van der Waals surface area contributed by atoms with Crippen molar-refractivity contribution in [1.82, 2.24) is 5.32 Å². The van der Waals surface area contributed by atoms with Gasteiger partial charge in [0.2, 0.25) is 5.91 Å². The van der Waals surface area contributed by atoms with Crippen LogP contribution in [0, 0.1) is 0 Å². The smallest absolute Gasteiger partial charge is 0.259 e. The normalized spacial score (nSPS) is 14.6. The van der Waals surface area contributed by atoms with E-state index in [-0.39, 0.29) is 11.8 Å².